The Morgan fingerprint density at radius 3 is 2.52 bits per heavy atom. The van der Waals surface area contributed by atoms with Crippen LogP contribution in [0.4, 0.5) is 0 Å². The molecule has 33 heavy (non-hydrogen) atoms. The maximum atomic E-state index is 11.9. The summed E-state index contributed by atoms with van der Waals surface area (Å²) in [5.41, 5.74) is 7.58. The molecular formula is C27H24N4O2. The lowest BCUT2D eigenvalue weighted by Crippen LogP contribution is -2.06. The summed E-state index contributed by atoms with van der Waals surface area (Å²) >= 11 is 0. The molecule has 0 spiro atoms. The van der Waals surface area contributed by atoms with Gasteiger partial charge in [-0.1, -0.05) is 49.4 Å². The number of benzene rings is 2. The highest BCUT2D eigenvalue weighted by molar-refractivity contribution is 6.06. The van der Waals surface area contributed by atoms with Crippen LogP contribution in [0, 0.1) is 13.8 Å². The average molecular weight is 437 g/mol. The Kier molecular flexibility index (Phi) is 5.13. The molecule has 6 nitrogen and oxygen atoms in total. The van der Waals surface area contributed by atoms with E-state index in [9.17, 15) is 9.90 Å². The normalized spacial score (nSPS) is 11.4. The number of pyridine rings is 2. The van der Waals surface area contributed by atoms with Gasteiger partial charge in [-0.15, -0.1) is 0 Å². The van der Waals surface area contributed by atoms with E-state index in [0.29, 0.717) is 12.1 Å². The van der Waals surface area contributed by atoms with Crippen molar-refractivity contribution in [1.82, 2.24) is 19.5 Å². The molecule has 5 rings (SSSR count). The summed E-state index contributed by atoms with van der Waals surface area (Å²) < 4.78 is 2.18. The van der Waals surface area contributed by atoms with Crippen molar-refractivity contribution in [2.24, 2.45) is 0 Å². The third-order valence-corrected chi connectivity index (χ3v) is 6.01. The van der Waals surface area contributed by atoms with Crippen LogP contribution in [0.2, 0.25) is 0 Å². The number of rotatable bonds is 5. The van der Waals surface area contributed by atoms with Gasteiger partial charge >= 0.3 is 5.97 Å². The third-order valence-electron chi connectivity index (χ3n) is 6.01. The van der Waals surface area contributed by atoms with E-state index in [2.05, 4.69) is 29.5 Å². The summed E-state index contributed by atoms with van der Waals surface area (Å²) in [5, 5.41) is 10.6. The Morgan fingerprint density at radius 2 is 1.79 bits per heavy atom. The molecule has 0 aliphatic rings. The molecular weight excluding hydrogens is 412 g/mol. The summed E-state index contributed by atoms with van der Waals surface area (Å²) in [6, 6.07) is 17.7. The van der Waals surface area contributed by atoms with E-state index in [4.69, 9.17) is 9.97 Å². The fourth-order valence-electron chi connectivity index (χ4n) is 4.46. The predicted molar refractivity (Wildman–Crippen MR) is 130 cm³/mol. The van der Waals surface area contributed by atoms with Crippen LogP contribution in [0.3, 0.4) is 0 Å². The first-order valence-electron chi connectivity index (χ1n) is 11.0. The van der Waals surface area contributed by atoms with E-state index >= 15 is 0 Å². The zero-order valence-electron chi connectivity index (χ0n) is 18.8. The van der Waals surface area contributed by atoms with Crippen LogP contribution in [0.15, 0.2) is 60.8 Å². The van der Waals surface area contributed by atoms with Crippen molar-refractivity contribution in [3.63, 3.8) is 0 Å². The molecule has 3 aromatic heterocycles. The number of hydrogen-bond donors (Lipinski definition) is 1. The molecule has 0 amide bonds. The molecule has 0 radical (unpaired) electrons. The summed E-state index contributed by atoms with van der Waals surface area (Å²) in [5.74, 6) is 0.0187. The third kappa shape index (κ3) is 3.63. The maximum Gasteiger partial charge on any atom is 0.337 e. The van der Waals surface area contributed by atoms with Crippen LogP contribution in [-0.2, 0) is 13.0 Å². The van der Waals surface area contributed by atoms with Crippen molar-refractivity contribution in [3.8, 4) is 11.1 Å². The number of aryl methyl sites for hydroxylation is 3. The van der Waals surface area contributed by atoms with Crippen LogP contribution in [0.5, 0.6) is 0 Å². The number of carboxylic acids is 1. The van der Waals surface area contributed by atoms with Gasteiger partial charge in [0.05, 0.1) is 17.6 Å². The molecule has 0 fully saturated rings. The molecule has 0 saturated carbocycles. The Balaban J connectivity index is 1.58. The highest BCUT2D eigenvalue weighted by atomic mass is 16.4. The molecule has 0 bridgehead atoms. The van der Waals surface area contributed by atoms with Crippen molar-refractivity contribution in [3.05, 3.63) is 89.0 Å². The zero-order chi connectivity index (χ0) is 23.1. The average Bonchev–Trinajstić information content (AvgIpc) is 3.16. The van der Waals surface area contributed by atoms with Crippen LogP contribution in [-0.4, -0.2) is 30.6 Å². The van der Waals surface area contributed by atoms with Gasteiger partial charge in [-0.3, -0.25) is 4.98 Å². The van der Waals surface area contributed by atoms with Gasteiger partial charge in [0.1, 0.15) is 11.3 Å². The Labute approximate surface area is 191 Å². The predicted octanol–water partition coefficient (Wildman–Crippen LogP) is 5.57. The minimum Gasteiger partial charge on any atom is -0.478 e. The van der Waals surface area contributed by atoms with Gasteiger partial charge in [0.15, 0.2) is 5.65 Å². The number of carbonyl (C=O) groups is 1. The maximum absolute atomic E-state index is 11.9. The van der Waals surface area contributed by atoms with Crippen molar-refractivity contribution in [1.29, 1.82) is 0 Å². The summed E-state index contributed by atoms with van der Waals surface area (Å²) in [7, 11) is 0. The van der Waals surface area contributed by atoms with Crippen molar-refractivity contribution in [2.75, 3.05) is 0 Å². The Morgan fingerprint density at radius 1 is 1.03 bits per heavy atom. The molecule has 0 aliphatic heterocycles. The van der Waals surface area contributed by atoms with Crippen LogP contribution >= 0.6 is 0 Å². The van der Waals surface area contributed by atoms with E-state index in [1.54, 1.807) is 0 Å². The SMILES string of the molecule is CCc1nc2c(C)cc(C)nc2n1Cc1ccc(-c2c(C(=O)O)cnc3ccccc23)cc1. The first-order valence-corrected chi connectivity index (χ1v) is 11.0. The molecule has 0 atom stereocenters. The van der Waals surface area contributed by atoms with E-state index in [1.807, 2.05) is 55.5 Å². The van der Waals surface area contributed by atoms with E-state index in [-0.39, 0.29) is 5.56 Å². The second-order valence-corrected chi connectivity index (χ2v) is 8.29. The number of para-hydroxylation sites is 1. The zero-order valence-corrected chi connectivity index (χ0v) is 18.8. The quantitative estimate of drug-likeness (QED) is 0.389. The lowest BCUT2D eigenvalue weighted by molar-refractivity contribution is 0.0697. The van der Waals surface area contributed by atoms with Gasteiger partial charge in [0.25, 0.3) is 0 Å². The molecule has 0 aliphatic carbocycles. The van der Waals surface area contributed by atoms with Gasteiger partial charge in [-0.05, 0) is 42.7 Å². The van der Waals surface area contributed by atoms with E-state index in [1.165, 1.54) is 6.20 Å². The first-order chi connectivity index (χ1) is 16.0. The number of aromatic nitrogens is 4. The van der Waals surface area contributed by atoms with Crippen molar-refractivity contribution >= 4 is 28.0 Å². The van der Waals surface area contributed by atoms with Crippen LogP contribution in [0.1, 0.15) is 39.9 Å². The molecule has 0 saturated heterocycles. The number of aromatic carboxylic acids is 1. The second-order valence-electron chi connectivity index (χ2n) is 8.29. The van der Waals surface area contributed by atoms with Gasteiger partial charge in [-0.25, -0.2) is 14.8 Å². The number of hydrogen-bond acceptors (Lipinski definition) is 4. The number of carboxylic acid groups (broad SMARTS) is 1. The second kappa shape index (κ2) is 8.13. The van der Waals surface area contributed by atoms with Gasteiger partial charge < -0.3 is 9.67 Å². The fourth-order valence-corrected chi connectivity index (χ4v) is 4.46. The highest BCUT2D eigenvalue weighted by Gasteiger charge is 2.17. The lowest BCUT2D eigenvalue weighted by atomic mass is 9.95. The van der Waals surface area contributed by atoms with Crippen molar-refractivity contribution in [2.45, 2.75) is 33.7 Å². The summed E-state index contributed by atoms with van der Waals surface area (Å²) in [6.07, 6.45) is 2.26. The number of imidazole rings is 1. The first kappa shape index (κ1) is 20.8. The standard InChI is InChI=1S/C27H24N4O2/c1-4-23-30-25-16(2)13-17(3)29-26(25)31(23)15-18-9-11-19(12-10-18)24-20-7-5-6-8-22(20)28-14-21(24)27(32)33/h5-14H,4,15H2,1-3H3,(H,32,33). The number of nitrogens with zero attached hydrogens (tertiary/aromatic N) is 4. The molecule has 5 aromatic rings. The molecule has 1 N–H and O–H groups in total. The van der Waals surface area contributed by atoms with E-state index < -0.39 is 5.97 Å². The fraction of sp³-hybridized carbons (Fsp3) is 0.185. The Bertz CT molecular complexity index is 1520. The van der Waals surface area contributed by atoms with Crippen molar-refractivity contribution < 1.29 is 9.90 Å². The van der Waals surface area contributed by atoms with Gasteiger partial charge in [0, 0.05) is 29.3 Å². The summed E-state index contributed by atoms with van der Waals surface area (Å²) in [4.78, 5) is 25.8. The largest absolute Gasteiger partial charge is 0.478 e. The highest BCUT2D eigenvalue weighted by Crippen LogP contribution is 2.31. The van der Waals surface area contributed by atoms with Crippen LogP contribution < -0.4 is 0 Å². The molecule has 164 valence electrons. The molecule has 6 heteroatoms. The summed E-state index contributed by atoms with van der Waals surface area (Å²) in [6.45, 7) is 6.83. The monoisotopic (exact) mass is 436 g/mol. The van der Waals surface area contributed by atoms with E-state index in [0.717, 1.165) is 56.7 Å². The minimum absolute atomic E-state index is 0.200. The van der Waals surface area contributed by atoms with Crippen LogP contribution in [0.25, 0.3) is 33.2 Å². The minimum atomic E-state index is -0.985. The van der Waals surface area contributed by atoms with Gasteiger partial charge in [-0.2, -0.15) is 0 Å². The smallest absolute Gasteiger partial charge is 0.337 e. The molecule has 2 aromatic carbocycles. The topological polar surface area (TPSA) is 80.9 Å². The molecule has 3 heterocycles. The van der Waals surface area contributed by atoms with Gasteiger partial charge in [0.2, 0.25) is 0 Å². The number of fused-ring (bicyclic) bond motifs is 2. The Hall–Kier alpha value is -4.06. The lowest BCUT2D eigenvalue weighted by Gasteiger charge is -2.12. The molecule has 0 unspecified atom stereocenters.